The summed E-state index contributed by atoms with van der Waals surface area (Å²) < 4.78 is 7.16. The van der Waals surface area contributed by atoms with Crippen LogP contribution in [-0.4, -0.2) is 39.9 Å². The van der Waals surface area contributed by atoms with Crippen LogP contribution in [0, 0.1) is 0 Å². The van der Waals surface area contributed by atoms with Gasteiger partial charge in [0.2, 0.25) is 0 Å². The summed E-state index contributed by atoms with van der Waals surface area (Å²) in [6, 6.07) is 15.6. The van der Waals surface area contributed by atoms with Gasteiger partial charge in [0, 0.05) is 42.5 Å². The molecule has 0 unspecified atom stereocenters. The number of anilines is 1. The molecule has 0 bridgehead atoms. The van der Waals surface area contributed by atoms with Crippen molar-refractivity contribution < 1.29 is 4.74 Å². The largest absolute Gasteiger partial charge is 0.497 e. The number of hydrogen-bond donors (Lipinski definition) is 1. The Kier molecular flexibility index (Phi) is 5.67. The van der Waals surface area contributed by atoms with Crippen LogP contribution >= 0.6 is 12.2 Å². The average molecular weight is 417 g/mol. The first-order chi connectivity index (χ1) is 14.7. The number of thiocarbonyl (C=S) groups is 1. The lowest BCUT2D eigenvalue weighted by Crippen LogP contribution is -2.34. The number of fused-ring (bicyclic) bond motifs is 1. The van der Waals surface area contributed by atoms with E-state index in [1.807, 2.05) is 77.3 Å². The predicted octanol–water partition coefficient (Wildman–Crippen LogP) is 3.75. The molecule has 0 radical (unpaired) electrons. The molecule has 0 spiro atoms. The highest BCUT2D eigenvalue weighted by Gasteiger charge is 2.07. The number of aromatic nitrogens is 3. The maximum atomic E-state index is 5.44. The predicted molar refractivity (Wildman–Crippen MR) is 123 cm³/mol. The SMILES string of the molecule is COc1ccc(N(C)C(=S)NN=Cc2cnc3ccc(-c4cccnc4)cn23)cc1. The molecule has 0 fully saturated rings. The van der Waals surface area contributed by atoms with Gasteiger partial charge in [0.25, 0.3) is 0 Å². The summed E-state index contributed by atoms with van der Waals surface area (Å²) >= 11 is 5.44. The van der Waals surface area contributed by atoms with Crippen LogP contribution in [0.2, 0.25) is 0 Å². The van der Waals surface area contributed by atoms with Gasteiger partial charge >= 0.3 is 0 Å². The molecule has 0 aliphatic carbocycles. The van der Waals surface area contributed by atoms with E-state index in [9.17, 15) is 0 Å². The summed E-state index contributed by atoms with van der Waals surface area (Å²) in [5.74, 6) is 0.794. The summed E-state index contributed by atoms with van der Waals surface area (Å²) in [5, 5.41) is 4.76. The van der Waals surface area contributed by atoms with E-state index in [2.05, 4.69) is 20.5 Å². The molecular formula is C22H20N6OS. The summed E-state index contributed by atoms with van der Waals surface area (Å²) in [7, 11) is 3.51. The number of pyridine rings is 2. The van der Waals surface area contributed by atoms with E-state index >= 15 is 0 Å². The van der Waals surface area contributed by atoms with Gasteiger partial charge in [-0.25, -0.2) is 4.98 Å². The number of benzene rings is 1. The first-order valence-electron chi connectivity index (χ1n) is 9.24. The number of hydrogen-bond acceptors (Lipinski definition) is 5. The maximum Gasteiger partial charge on any atom is 0.193 e. The first kappa shape index (κ1) is 19.5. The average Bonchev–Trinajstić information content (AvgIpc) is 3.21. The lowest BCUT2D eigenvalue weighted by atomic mass is 10.1. The van der Waals surface area contributed by atoms with Crippen molar-refractivity contribution in [2.75, 3.05) is 19.1 Å². The molecule has 7 nitrogen and oxygen atoms in total. The van der Waals surface area contributed by atoms with Gasteiger partial charge < -0.3 is 9.64 Å². The van der Waals surface area contributed by atoms with Crippen molar-refractivity contribution in [3.05, 3.63) is 79.0 Å². The Bertz CT molecular complexity index is 1190. The smallest absolute Gasteiger partial charge is 0.193 e. The fourth-order valence-corrected chi connectivity index (χ4v) is 3.11. The fraction of sp³-hybridized carbons (Fsp3) is 0.0909. The molecule has 1 aromatic carbocycles. The number of hydrazone groups is 1. The van der Waals surface area contributed by atoms with E-state index in [1.54, 1.807) is 25.7 Å². The highest BCUT2D eigenvalue weighted by molar-refractivity contribution is 7.80. The zero-order valence-corrected chi connectivity index (χ0v) is 17.4. The fourth-order valence-electron chi connectivity index (χ4n) is 2.95. The summed E-state index contributed by atoms with van der Waals surface area (Å²) in [5.41, 5.74) is 7.59. The van der Waals surface area contributed by atoms with Gasteiger partial charge in [-0.15, -0.1) is 0 Å². The Morgan fingerprint density at radius 2 is 1.97 bits per heavy atom. The first-order valence-corrected chi connectivity index (χ1v) is 9.65. The molecule has 0 aliphatic heterocycles. The zero-order valence-electron chi connectivity index (χ0n) is 16.6. The van der Waals surface area contributed by atoms with Crippen LogP contribution in [-0.2, 0) is 0 Å². The highest BCUT2D eigenvalue weighted by Crippen LogP contribution is 2.20. The monoisotopic (exact) mass is 416 g/mol. The van der Waals surface area contributed by atoms with E-state index in [1.165, 1.54) is 0 Å². The highest BCUT2D eigenvalue weighted by atomic mass is 32.1. The van der Waals surface area contributed by atoms with Crippen molar-refractivity contribution in [1.29, 1.82) is 0 Å². The summed E-state index contributed by atoms with van der Waals surface area (Å²) in [6.07, 6.45) is 9.07. The Labute approximate surface area is 179 Å². The van der Waals surface area contributed by atoms with E-state index in [0.29, 0.717) is 5.11 Å². The minimum atomic E-state index is 0.473. The third-order valence-corrected chi connectivity index (χ3v) is 5.02. The van der Waals surface area contributed by atoms with E-state index in [-0.39, 0.29) is 0 Å². The molecule has 0 atom stereocenters. The number of nitrogens with one attached hydrogen (secondary N) is 1. The molecule has 0 saturated carbocycles. The lowest BCUT2D eigenvalue weighted by molar-refractivity contribution is 0.415. The van der Waals surface area contributed by atoms with E-state index < -0.39 is 0 Å². The van der Waals surface area contributed by atoms with Crippen LogP contribution in [0.4, 0.5) is 5.69 Å². The molecule has 1 N–H and O–H groups in total. The standard InChI is InChI=1S/C22H20N6OS/c1-27(18-6-8-20(29-2)9-7-18)22(30)26-25-14-19-13-24-21-10-5-17(15-28(19)21)16-4-3-11-23-12-16/h3-15H,1-2H3,(H,26,30). The molecule has 0 saturated heterocycles. The van der Waals surface area contributed by atoms with Gasteiger partial charge in [-0.3, -0.25) is 14.8 Å². The van der Waals surface area contributed by atoms with Gasteiger partial charge in [-0.1, -0.05) is 6.07 Å². The Morgan fingerprint density at radius 1 is 1.13 bits per heavy atom. The Hall–Kier alpha value is -3.78. The van der Waals surface area contributed by atoms with E-state index in [4.69, 9.17) is 17.0 Å². The summed E-state index contributed by atoms with van der Waals surface area (Å²) in [6.45, 7) is 0. The van der Waals surface area contributed by atoms with Crippen molar-refractivity contribution in [2.24, 2.45) is 5.10 Å². The second kappa shape index (κ2) is 8.71. The minimum absolute atomic E-state index is 0.473. The molecule has 30 heavy (non-hydrogen) atoms. The van der Waals surface area contributed by atoms with Crippen molar-refractivity contribution in [2.45, 2.75) is 0 Å². The molecule has 3 heterocycles. The zero-order chi connectivity index (χ0) is 20.9. The third kappa shape index (κ3) is 4.13. The topological polar surface area (TPSA) is 67.0 Å². The van der Waals surface area contributed by atoms with Crippen LogP contribution in [0.5, 0.6) is 5.75 Å². The molecule has 150 valence electrons. The Morgan fingerprint density at radius 3 is 2.70 bits per heavy atom. The number of methoxy groups -OCH3 is 1. The van der Waals surface area contributed by atoms with Gasteiger partial charge in [-0.2, -0.15) is 5.10 Å². The quantitative estimate of drug-likeness (QED) is 0.304. The van der Waals surface area contributed by atoms with E-state index in [0.717, 1.165) is 33.9 Å². The molecule has 4 aromatic rings. The minimum Gasteiger partial charge on any atom is -0.497 e. The molecule has 3 aromatic heterocycles. The number of rotatable bonds is 5. The van der Waals surface area contributed by atoms with Gasteiger partial charge in [0.05, 0.1) is 25.2 Å². The second-order valence-corrected chi connectivity index (χ2v) is 6.89. The molecule has 0 aliphatic rings. The van der Waals surface area contributed by atoms with Crippen molar-refractivity contribution >= 4 is 34.9 Å². The number of ether oxygens (including phenoxy) is 1. The van der Waals surface area contributed by atoms with Crippen LogP contribution in [0.15, 0.2) is 78.4 Å². The molecular weight excluding hydrogens is 396 g/mol. The third-order valence-electron chi connectivity index (χ3n) is 4.65. The molecule has 0 amide bonds. The lowest BCUT2D eigenvalue weighted by Gasteiger charge is -2.19. The van der Waals surface area contributed by atoms with Gasteiger partial charge in [-0.05, 0) is 54.7 Å². The molecule has 4 rings (SSSR count). The summed E-state index contributed by atoms with van der Waals surface area (Å²) in [4.78, 5) is 10.4. The molecule has 8 heteroatoms. The van der Waals surface area contributed by atoms with Crippen LogP contribution in [0.3, 0.4) is 0 Å². The Balaban J connectivity index is 1.48. The van der Waals surface area contributed by atoms with Crippen molar-refractivity contribution in [1.82, 2.24) is 19.8 Å². The van der Waals surface area contributed by atoms with Crippen molar-refractivity contribution in [3.63, 3.8) is 0 Å². The van der Waals surface area contributed by atoms with Crippen LogP contribution < -0.4 is 15.1 Å². The second-order valence-electron chi connectivity index (χ2n) is 6.50. The maximum absolute atomic E-state index is 5.44. The van der Waals surface area contributed by atoms with Gasteiger partial charge in [0.1, 0.15) is 11.4 Å². The van der Waals surface area contributed by atoms with Crippen LogP contribution in [0.1, 0.15) is 5.69 Å². The number of nitrogens with zero attached hydrogens (tertiary/aromatic N) is 5. The van der Waals surface area contributed by atoms with Crippen LogP contribution in [0.25, 0.3) is 16.8 Å². The normalized spacial score (nSPS) is 11.0. The number of imidazole rings is 1. The van der Waals surface area contributed by atoms with Gasteiger partial charge in [0.15, 0.2) is 5.11 Å². The van der Waals surface area contributed by atoms with Crippen molar-refractivity contribution in [3.8, 4) is 16.9 Å².